The molecule has 1 rings (SSSR count). The summed E-state index contributed by atoms with van der Waals surface area (Å²) in [5.41, 5.74) is 5.75. The van der Waals surface area contributed by atoms with Crippen LogP contribution in [0.3, 0.4) is 0 Å². The minimum Gasteiger partial charge on any atom is -0.330 e. The first-order valence-electron chi connectivity index (χ1n) is 6.17. The van der Waals surface area contributed by atoms with Crippen LogP contribution in [0.1, 0.15) is 46.0 Å². The third-order valence-corrected chi connectivity index (χ3v) is 3.52. The molecule has 1 aliphatic rings. The molecule has 0 bridgehead atoms. The van der Waals surface area contributed by atoms with Crippen LogP contribution in [0.25, 0.3) is 0 Å². The molecule has 0 aliphatic heterocycles. The molecule has 1 saturated carbocycles. The molecule has 0 heterocycles. The lowest BCUT2D eigenvalue weighted by Gasteiger charge is -2.26. The average molecular weight is 198 g/mol. The van der Waals surface area contributed by atoms with Gasteiger partial charge >= 0.3 is 0 Å². The average Bonchev–Trinajstić information content (AvgIpc) is 2.20. The Balaban J connectivity index is 2.16. The Bertz CT molecular complexity index is 139. The predicted molar refractivity (Wildman–Crippen MR) is 62.3 cm³/mol. The minimum absolute atomic E-state index is 0.650. The summed E-state index contributed by atoms with van der Waals surface area (Å²) in [6, 6.07) is 0.775. The molecule has 0 aromatic rings. The van der Waals surface area contributed by atoms with Crippen molar-refractivity contribution in [1.29, 1.82) is 0 Å². The normalized spacial score (nSPS) is 21.4. The third-order valence-electron chi connectivity index (χ3n) is 3.52. The quantitative estimate of drug-likeness (QED) is 0.710. The van der Waals surface area contributed by atoms with E-state index in [-0.39, 0.29) is 0 Å². The Labute approximate surface area is 88.6 Å². The van der Waals surface area contributed by atoms with Gasteiger partial charge < -0.3 is 11.1 Å². The molecule has 0 amide bonds. The fourth-order valence-corrected chi connectivity index (χ4v) is 2.22. The van der Waals surface area contributed by atoms with Crippen LogP contribution in [-0.2, 0) is 0 Å². The summed E-state index contributed by atoms with van der Waals surface area (Å²) < 4.78 is 0. The standard InChI is InChI=1S/C12H26N2/c1-10(2)11(8-13)9-14-12-6-4-3-5-7-12/h10-12,14H,3-9,13H2,1-2H3. The van der Waals surface area contributed by atoms with E-state index in [1.165, 1.54) is 32.1 Å². The molecule has 1 fully saturated rings. The van der Waals surface area contributed by atoms with Crippen LogP contribution in [0, 0.1) is 11.8 Å². The van der Waals surface area contributed by atoms with Crippen molar-refractivity contribution in [2.75, 3.05) is 13.1 Å². The van der Waals surface area contributed by atoms with Gasteiger partial charge in [0.25, 0.3) is 0 Å². The number of hydrogen-bond acceptors (Lipinski definition) is 2. The van der Waals surface area contributed by atoms with Gasteiger partial charge in [0, 0.05) is 6.04 Å². The fraction of sp³-hybridized carbons (Fsp3) is 1.00. The van der Waals surface area contributed by atoms with Gasteiger partial charge in [-0.15, -0.1) is 0 Å². The van der Waals surface area contributed by atoms with Crippen molar-refractivity contribution in [3.8, 4) is 0 Å². The molecule has 0 saturated heterocycles. The summed E-state index contributed by atoms with van der Waals surface area (Å²) in [5.74, 6) is 1.35. The van der Waals surface area contributed by atoms with Crippen molar-refractivity contribution in [3.63, 3.8) is 0 Å². The molecule has 0 radical (unpaired) electrons. The van der Waals surface area contributed by atoms with Crippen LogP contribution >= 0.6 is 0 Å². The molecule has 14 heavy (non-hydrogen) atoms. The highest BCUT2D eigenvalue weighted by molar-refractivity contribution is 4.75. The van der Waals surface area contributed by atoms with Crippen LogP contribution in [0.4, 0.5) is 0 Å². The van der Waals surface area contributed by atoms with E-state index in [9.17, 15) is 0 Å². The maximum Gasteiger partial charge on any atom is 0.00671 e. The zero-order chi connectivity index (χ0) is 10.4. The molecule has 3 N–H and O–H groups in total. The molecular weight excluding hydrogens is 172 g/mol. The highest BCUT2D eigenvalue weighted by Crippen LogP contribution is 2.18. The number of nitrogens with two attached hydrogens (primary N) is 1. The second kappa shape index (κ2) is 6.41. The van der Waals surface area contributed by atoms with E-state index in [2.05, 4.69) is 19.2 Å². The molecule has 2 heteroatoms. The summed E-state index contributed by atoms with van der Waals surface area (Å²) in [6.07, 6.45) is 6.99. The first-order valence-corrected chi connectivity index (χ1v) is 6.17. The Hall–Kier alpha value is -0.0800. The molecule has 0 aromatic heterocycles. The monoisotopic (exact) mass is 198 g/mol. The predicted octanol–water partition coefficient (Wildman–Crippen LogP) is 2.14. The molecule has 1 aliphatic carbocycles. The maximum absolute atomic E-state index is 5.75. The van der Waals surface area contributed by atoms with Crippen molar-refractivity contribution in [2.45, 2.75) is 52.0 Å². The van der Waals surface area contributed by atoms with Gasteiger partial charge in [0.05, 0.1) is 0 Å². The van der Waals surface area contributed by atoms with E-state index in [1.807, 2.05) is 0 Å². The lowest BCUT2D eigenvalue weighted by Crippen LogP contribution is -2.38. The molecule has 1 unspecified atom stereocenters. The molecule has 2 nitrogen and oxygen atoms in total. The van der Waals surface area contributed by atoms with Gasteiger partial charge in [-0.25, -0.2) is 0 Å². The van der Waals surface area contributed by atoms with Crippen LogP contribution < -0.4 is 11.1 Å². The lowest BCUT2D eigenvalue weighted by molar-refractivity contribution is 0.312. The Kier molecular flexibility index (Phi) is 5.49. The van der Waals surface area contributed by atoms with E-state index in [1.54, 1.807) is 0 Å². The number of hydrogen-bond donors (Lipinski definition) is 2. The SMILES string of the molecule is CC(C)C(CN)CNC1CCCCC1. The van der Waals surface area contributed by atoms with Gasteiger partial charge in [-0.1, -0.05) is 33.1 Å². The Morgan fingerprint density at radius 2 is 1.86 bits per heavy atom. The summed E-state index contributed by atoms with van der Waals surface area (Å²) in [5, 5.41) is 3.67. The van der Waals surface area contributed by atoms with Crippen LogP contribution in [0.5, 0.6) is 0 Å². The van der Waals surface area contributed by atoms with Crippen LogP contribution in [-0.4, -0.2) is 19.1 Å². The van der Waals surface area contributed by atoms with E-state index in [0.717, 1.165) is 19.1 Å². The van der Waals surface area contributed by atoms with Gasteiger partial charge in [0.1, 0.15) is 0 Å². The lowest BCUT2D eigenvalue weighted by atomic mass is 9.92. The summed E-state index contributed by atoms with van der Waals surface area (Å²) in [7, 11) is 0. The maximum atomic E-state index is 5.75. The molecule has 1 atom stereocenters. The number of nitrogens with one attached hydrogen (secondary N) is 1. The van der Waals surface area contributed by atoms with Gasteiger partial charge in [0.2, 0.25) is 0 Å². The first kappa shape index (κ1) is 12.0. The van der Waals surface area contributed by atoms with E-state index >= 15 is 0 Å². The van der Waals surface area contributed by atoms with Gasteiger partial charge in [-0.3, -0.25) is 0 Å². The second-order valence-electron chi connectivity index (χ2n) is 4.98. The zero-order valence-corrected chi connectivity index (χ0v) is 9.76. The molecule has 0 aromatic carbocycles. The van der Waals surface area contributed by atoms with Crippen molar-refractivity contribution >= 4 is 0 Å². The van der Waals surface area contributed by atoms with Crippen molar-refractivity contribution < 1.29 is 0 Å². The Morgan fingerprint density at radius 3 is 2.36 bits per heavy atom. The smallest absolute Gasteiger partial charge is 0.00671 e. The van der Waals surface area contributed by atoms with Crippen molar-refractivity contribution in [3.05, 3.63) is 0 Å². The van der Waals surface area contributed by atoms with E-state index < -0.39 is 0 Å². The van der Waals surface area contributed by atoms with Gasteiger partial charge in [-0.2, -0.15) is 0 Å². The van der Waals surface area contributed by atoms with Crippen LogP contribution in [0.15, 0.2) is 0 Å². The molecule has 84 valence electrons. The highest BCUT2D eigenvalue weighted by Gasteiger charge is 2.16. The van der Waals surface area contributed by atoms with Gasteiger partial charge in [0.15, 0.2) is 0 Å². The van der Waals surface area contributed by atoms with E-state index in [4.69, 9.17) is 5.73 Å². The van der Waals surface area contributed by atoms with Crippen LogP contribution in [0.2, 0.25) is 0 Å². The summed E-state index contributed by atoms with van der Waals surface area (Å²) >= 11 is 0. The van der Waals surface area contributed by atoms with Crippen molar-refractivity contribution in [2.24, 2.45) is 17.6 Å². The highest BCUT2D eigenvalue weighted by atomic mass is 14.9. The van der Waals surface area contributed by atoms with E-state index in [0.29, 0.717) is 11.8 Å². The minimum atomic E-state index is 0.650. The second-order valence-corrected chi connectivity index (χ2v) is 4.98. The Morgan fingerprint density at radius 1 is 1.21 bits per heavy atom. The number of rotatable bonds is 5. The molecule has 0 spiro atoms. The van der Waals surface area contributed by atoms with Gasteiger partial charge in [-0.05, 0) is 37.8 Å². The summed E-state index contributed by atoms with van der Waals surface area (Å²) in [6.45, 7) is 6.45. The first-order chi connectivity index (χ1) is 6.74. The summed E-state index contributed by atoms with van der Waals surface area (Å²) in [4.78, 5) is 0. The largest absolute Gasteiger partial charge is 0.330 e. The zero-order valence-electron chi connectivity index (χ0n) is 9.76. The molecular formula is C12H26N2. The van der Waals surface area contributed by atoms with Crippen molar-refractivity contribution in [1.82, 2.24) is 5.32 Å². The third kappa shape index (κ3) is 3.97. The fourth-order valence-electron chi connectivity index (χ4n) is 2.22. The topological polar surface area (TPSA) is 38.0 Å².